The van der Waals surface area contributed by atoms with Gasteiger partial charge in [0, 0.05) is 42.5 Å². The van der Waals surface area contributed by atoms with Gasteiger partial charge in [-0.25, -0.2) is 9.18 Å². The highest BCUT2D eigenvalue weighted by atomic mass is 19.1. The Morgan fingerprint density at radius 3 is 2.35 bits per heavy atom. The Kier molecular flexibility index (Phi) is 8.83. The monoisotopic (exact) mass is 548 g/mol. The highest BCUT2D eigenvalue weighted by Gasteiger charge is 2.35. The summed E-state index contributed by atoms with van der Waals surface area (Å²) in [6, 6.07) is 14.4. The van der Waals surface area contributed by atoms with Crippen LogP contribution in [0, 0.1) is 18.2 Å². The van der Waals surface area contributed by atoms with Gasteiger partial charge in [-0.2, -0.15) is 0 Å². The van der Waals surface area contributed by atoms with Crippen LogP contribution >= 0.6 is 0 Å². The van der Waals surface area contributed by atoms with Gasteiger partial charge in [-0.15, -0.1) is 0 Å². The molecule has 214 valence electrons. The number of benzene rings is 2. The van der Waals surface area contributed by atoms with Crippen molar-refractivity contribution in [3.63, 3.8) is 0 Å². The summed E-state index contributed by atoms with van der Waals surface area (Å²) in [7, 11) is 0. The van der Waals surface area contributed by atoms with Gasteiger partial charge >= 0.3 is 5.97 Å². The third-order valence-electron chi connectivity index (χ3n) is 7.44. The van der Waals surface area contributed by atoms with E-state index in [0.29, 0.717) is 35.6 Å². The maximum Gasteiger partial charge on any atom is 0.337 e. The van der Waals surface area contributed by atoms with Crippen molar-refractivity contribution in [1.29, 1.82) is 0 Å². The molecule has 0 aliphatic carbocycles. The van der Waals surface area contributed by atoms with Crippen molar-refractivity contribution in [3.8, 4) is 16.9 Å². The first-order chi connectivity index (χ1) is 18.8. The van der Waals surface area contributed by atoms with Gasteiger partial charge in [0.1, 0.15) is 11.6 Å². The molecule has 1 N–H and O–H groups in total. The normalized spacial score (nSPS) is 16.0. The first-order valence-electron chi connectivity index (χ1n) is 14.0. The topological polar surface area (TPSA) is 71.9 Å². The molecule has 0 radical (unpaired) electrons. The Hall–Kier alpha value is -3.45. The summed E-state index contributed by atoms with van der Waals surface area (Å²) in [5.41, 5.74) is 4.09. The number of carboxylic acid groups (broad SMARTS) is 1. The molecule has 2 heterocycles. The van der Waals surface area contributed by atoms with Crippen LogP contribution in [0.4, 0.5) is 10.1 Å². The summed E-state index contributed by atoms with van der Waals surface area (Å²) >= 11 is 0. The Balaban J connectivity index is 1.68. The first-order valence-corrected chi connectivity index (χ1v) is 14.0. The van der Waals surface area contributed by atoms with Crippen molar-refractivity contribution < 1.29 is 23.8 Å². The molecule has 1 atom stereocenters. The van der Waals surface area contributed by atoms with Gasteiger partial charge in [0.05, 0.1) is 17.9 Å². The fourth-order valence-electron chi connectivity index (χ4n) is 5.11. The van der Waals surface area contributed by atoms with Crippen LogP contribution in [-0.2, 0) is 16.0 Å². The van der Waals surface area contributed by atoms with Crippen LogP contribution in [0.2, 0.25) is 0 Å². The number of nitrogens with zero attached hydrogens (tertiary/aromatic N) is 2. The standard InChI is InChI=1S/C33H41FN2O4/c1-22-28(30(31(37)38)40-32(2,3)4)29(36-18-16-33(5,6)17-19-36)26(21-35-22)23-11-13-25(14-12-23)39-20-15-24-9-7-8-10-27(24)34/h7-14,21,30H,15-20H2,1-6H3,(H,37,38)/t30-/m0/s1. The molecule has 6 nitrogen and oxygen atoms in total. The molecule has 1 saturated heterocycles. The lowest BCUT2D eigenvalue weighted by Crippen LogP contribution is -2.39. The van der Waals surface area contributed by atoms with E-state index < -0.39 is 17.7 Å². The van der Waals surface area contributed by atoms with Gasteiger partial charge in [-0.3, -0.25) is 4.98 Å². The number of hydrogen-bond donors (Lipinski definition) is 1. The molecule has 40 heavy (non-hydrogen) atoms. The number of carboxylic acids is 1. The van der Waals surface area contributed by atoms with Crippen molar-refractivity contribution in [2.45, 2.75) is 72.5 Å². The Bertz CT molecular complexity index is 1320. The van der Waals surface area contributed by atoms with Crippen molar-refractivity contribution >= 4 is 11.7 Å². The number of piperidine rings is 1. The molecular formula is C33H41FN2O4. The molecule has 0 amide bonds. The maximum absolute atomic E-state index is 13.9. The third-order valence-corrected chi connectivity index (χ3v) is 7.44. The lowest BCUT2D eigenvalue weighted by Gasteiger charge is -2.41. The Morgan fingerprint density at radius 1 is 1.10 bits per heavy atom. The minimum Gasteiger partial charge on any atom is -0.493 e. The zero-order valence-electron chi connectivity index (χ0n) is 24.5. The summed E-state index contributed by atoms with van der Waals surface area (Å²) in [6.45, 7) is 14.0. The number of aromatic nitrogens is 1. The lowest BCUT2D eigenvalue weighted by atomic mass is 9.82. The SMILES string of the molecule is Cc1ncc(-c2ccc(OCCc3ccccc3F)cc2)c(N2CCC(C)(C)CC2)c1[C@H](OC(C)(C)C)C(=O)O. The van der Waals surface area contributed by atoms with Gasteiger partial charge < -0.3 is 19.5 Å². The second kappa shape index (κ2) is 12.0. The average Bonchev–Trinajstić information content (AvgIpc) is 2.88. The predicted molar refractivity (Wildman–Crippen MR) is 156 cm³/mol. The van der Waals surface area contributed by atoms with Crippen molar-refractivity contribution in [2.75, 3.05) is 24.6 Å². The number of aliphatic carboxylic acids is 1. The van der Waals surface area contributed by atoms with Crippen molar-refractivity contribution in [2.24, 2.45) is 5.41 Å². The molecule has 3 aromatic rings. The smallest absolute Gasteiger partial charge is 0.337 e. The van der Waals surface area contributed by atoms with E-state index in [2.05, 4.69) is 23.7 Å². The number of rotatable bonds is 9. The minimum atomic E-state index is -1.15. The quantitative estimate of drug-likeness (QED) is 0.301. The summed E-state index contributed by atoms with van der Waals surface area (Å²) in [5.74, 6) is -0.580. The maximum atomic E-state index is 13.9. The summed E-state index contributed by atoms with van der Waals surface area (Å²) < 4.78 is 26.0. The average molecular weight is 549 g/mol. The molecule has 0 unspecified atom stereocenters. The predicted octanol–water partition coefficient (Wildman–Crippen LogP) is 7.38. The highest BCUT2D eigenvalue weighted by Crippen LogP contribution is 2.43. The number of anilines is 1. The number of halogens is 1. The van der Waals surface area contributed by atoms with Crippen LogP contribution in [0.25, 0.3) is 11.1 Å². The van der Waals surface area contributed by atoms with Gasteiger partial charge in [-0.1, -0.05) is 44.2 Å². The first kappa shape index (κ1) is 29.5. The number of ether oxygens (including phenoxy) is 2. The van der Waals surface area contributed by atoms with Crippen molar-refractivity contribution in [1.82, 2.24) is 4.98 Å². The molecule has 1 aromatic heterocycles. The molecular weight excluding hydrogens is 507 g/mol. The second-order valence-electron chi connectivity index (χ2n) is 12.3. The Labute approximate surface area is 237 Å². The van der Waals surface area contributed by atoms with E-state index in [1.807, 2.05) is 64.2 Å². The second-order valence-corrected chi connectivity index (χ2v) is 12.3. The van der Waals surface area contributed by atoms with Crippen LogP contribution in [-0.4, -0.2) is 41.4 Å². The van der Waals surface area contributed by atoms with Crippen LogP contribution in [0.1, 0.15) is 70.4 Å². The fourth-order valence-corrected chi connectivity index (χ4v) is 5.11. The zero-order chi connectivity index (χ0) is 29.1. The van der Waals surface area contributed by atoms with E-state index in [4.69, 9.17) is 9.47 Å². The molecule has 2 aromatic carbocycles. The molecule has 1 aliphatic rings. The van der Waals surface area contributed by atoms with E-state index in [0.717, 1.165) is 42.7 Å². The summed E-state index contributed by atoms with van der Waals surface area (Å²) in [6.07, 6.45) is 3.15. The van der Waals surface area contributed by atoms with Crippen LogP contribution in [0.15, 0.2) is 54.7 Å². The molecule has 0 bridgehead atoms. The number of carbonyl (C=O) groups is 1. The van der Waals surface area contributed by atoms with E-state index in [-0.39, 0.29) is 11.2 Å². The fraction of sp³-hybridized carbons (Fsp3) is 0.455. The highest BCUT2D eigenvalue weighted by molar-refractivity contribution is 5.86. The third kappa shape index (κ3) is 7.19. The van der Waals surface area contributed by atoms with E-state index in [1.54, 1.807) is 12.1 Å². The van der Waals surface area contributed by atoms with Gasteiger partial charge in [0.25, 0.3) is 0 Å². The summed E-state index contributed by atoms with van der Waals surface area (Å²) in [4.78, 5) is 19.5. The minimum absolute atomic E-state index is 0.229. The van der Waals surface area contributed by atoms with Crippen molar-refractivity contribution in [3.05, 3.63) is 77.4 Å². The lowest BCUT2D eigenvalue weighted by molar-refractivity contribution is -0.160. The van der Waals surface area contributed by atoms with Crippen LogP contribution in [0.5, 0.6) is 5.75 Å². The zero-order valence-corrected chi connectivity index (χ0v) is 24.5. The molecule has 1 aliphatic heterocycles. The molecule has 4 rings (SSSR count). The van der Waals surface area contributed by atoms with Gasteiger partial charge in [0.15, 0.2) is 6.10 Å². The van der Waals surface area contributed by atoms with Gasteiger partial charge in [0.2, 0.25) is 0 Å². The van der Waals surface area contributed by atoms with E-state index >= 15 is 0 Å². The Morgan fingerprint density at radius 2 is 1.75 bits per heavy atom. The molecule has 0 saturated carbocycles. The number of aryl methyl sites for hydroxylation is 1. The van der Waals surface area contributed by atoms with Crippen LogP contribution < -0.4 is 9.64 Å². The molecule has 1 fully saturated rings. The van der Waals surface area contributed by atoms with Crippen LogP contribution in [0.3, 0.4) is 0 Å². The van der Waals surface area contributed by atoms with E-state index in [1.165, 1.54) is 6.07 Å². The van der Waals surface area contributed by atoms with E-state index in [9.17, 15) is 14.3 Å². The number of hydrogen-bond acceptors (Lipinski definition) is 5. The molecule has 7 heteroatoms. The number of pyridine rings is 1. The van der Waals surface area contributed by atoms with Gasteiger partial charge in [-0.05, 0) is 75.3 Å². The molecule has 0 spiro atoms. The summed E-state index contributed by atoms with van der Waals surface area (Å²) in [5, 5.41) is 10.3. The largest absolute Gasteiger partial charge is 0.493 e.